The Kier molecular flexibility index (Phi) is 5.51. The first-order valence-electron chi connectivity index (χ1n) is 9.16. The highest BCUT2D eigenvalue weighted by molar-refractivity contribution is 5.95. The van der Waals surface area contributed by atoms with E-state index in [1.54, 1.807) is 0 Å². The first kappa shape index (κ1) is 17.6. The highest BCUT2D eigenvalue weighted by atomic mass is 19.1. The second kappa shape index (κ2) is 7.81. The molecular weight excluding hydrogens is 317 g/mol. The summed E-state index contributed by atoms with van der Waals surface area (Å²) in [6.07, 6.45) is 6.92. The fraction of sp³-hybridized carbons (Fsp3) is 0.500. The lowest BCUT2D eigenvalue weighted by atomic mass is 9.94. The lowest BCUT2D eigenvalue weighted by Crippen LogP contribution is -2.38. The van der Waals surface area contributed by atoms with Crippen molar-refractivity contribution in [1.82, 2.24) is 15.1 Å². The van der Waals surface area contributed by atoms with Gasteiger partial charge in [-0.25, -0.2) is 4.39 Å². The molecule has 2 aromatic rings. The van der Waals surface area contributed by atoms with E-state index in [0.717, 1.165) is 49.9 Å². The van der Waals surface area contributed by atoms with Gasteiger partial charge in [-0.2, -0.15) is 5.10 Å². The van der Waals surface area contributed by atoms with Gasteiger partial charge in [0.05, 0.1) is 11.3 Å². The smallest absolute Gasteiger partial charge is 0.254 e. The topological polar surface area (TPSA) is 46.9 Å². The Hall–Kier alpha value is -2.17. The molecule has 0 saturated heterocycles. The maximum absolute atomic E-state index is 13.1. The van der Waals surface area contributed by atoms with Gasteiger partial charge in [-0.05, 0) is 56.2 Å². The van der Waals surface area contributed by atoms with E-state index in [1.807, 2.05) is 29.9 Å². The van der Waals surface area contributed by atoms with Crippen LogP contribution in [0, 0.1) is 18.7 Å². The highest BCUT2D eigenvalue weighted by Gasteiger charge is 2.29. The van der Waals surface area contributed by atoms with Crippen molar-refractivity contribution in [2.24, 2.45) is 5.92 Å². The summed E-state index contributed by atoms with van der Waals surface area (Å²) in [6, 6.07) is 6.86. The van der Waals surface area contributed by atoms with Crippen LogP contribution in [0.1, 0.15) is 54.2 Å². The summed E-state index contributed by atoms with van der Waals surface area (Å²) < 4.78 is 14.9. The predicted octanol–water partition coefficient (Wildman–Crippen LogP) is 3.88. The third kappa shape index (κ3) is 4.27. The molecule has 1 heterocycles. The van der Waals surface area contributed by atoms with Gasteiger partial charge in [-0.1, -0.05) is 25.5 Å². The molecule has 2 atom stereocenters. The van der Waals surface area contributed by atoms with Crippen molar-refractivity contribution in [2.75, 3.05) is 0 Å². The van der Waals surface area contributed by atoms with Crippen LogP contribution in [0.25, 0.3) is 0 Å². The van der Waals surface area contributed by atoms with Crippen LogP contribution in [0.2, 0.25) is 0 Å². The number of carbonyl (C=O) groups is 1. The van der Waals surface area contributed by atoms with Crippen molar-refractivity contribution >= 4 is 5.91 Å². The summed E-state index contributed by atoms with van der Waals surface area (Å²) in [4.78, 5) is 12.7. The van der Waals surface area contributed by atoms with Gasteiger partial charge in [0, 0.05) is 18.8 Å². The molecule has 5 heteroatoms. The van der Waals surface area contributed by atoms with E-state index in [0.29, 0.717) is 11.5 Å². The molecule has 1 aliphatic rings. The van der Waals surface area contributed by atoms with Crippen molar-refractivity contribution in [3.8, 4) is 0 Å². The third-order valence-corrected chi connectivity index (χ3v) is 5.03. The van der Waals surface area contributed by atoms with Gasteiger partial charge in [0.15, 0.2) is 0 Å². The molecular formula is C20H26FN3O. The fourth-order valence-electron chi connectivity index (χ4n) is 3.72. The monoisotopic (exact) mass is 343 g/mol. The maximum Gasteiger partial charge on any atom is 0.254 e. The number of rotatable bonds is 6. The molecule has 1 fully saturated rings. The van der Waals surface area contributed by atoms with Crippen LogP contribution in [-0.4, -0.2) is 21.7 Å². The quantitative estimate of drug-likeness (QED) is 0.865. The van der Waals surface area contributed by atoms with Crippen LogP contribution in [0.4, 0.5) is 4.39 Å². The Bertz CT molecular complexity index is 723. The first-order chi connectivity index (χ1) is 12.1. The molecule has 3 rings (SSSR count). The van der Waals surface area contributed by atoms with Crippen LogP contribution >= 0.6 is 0 Å². The minimum atomic E-state index is -0.209. The first-order valence-corrected chi connectivity index (χ1v) is 9.16. The normalized spacial score (nSPS) is 20.0. The Morgan fingerprint density at radius 2 is 2.08 bits per heavy atom. The number of halogens is 1. The van der Waals surface area contributed by atoms with Gasteiger partial charge in [0.2, 0.25) is 0 Å². The SMILES string of the molecule is CCCn1cc(C(=O)N[C@@H]2CCC[C@@H]2Cc2ccc(F)cc2)c(C)n1. The molecule has 0 radical (unpaired) electrons. The van der Waals surface area contributed by atoms with Crippen LogP contribution in [-0.2, 0) is 13.0 Å². The fourth-order valence-corrected chi connectivity index (χ4v) is 3.72. The molecule has 0 bridgehead atoms. The van der Waals surface area contributed by atoms with E-state index < -0.39 is 0 Å². The Labute approximate surface area is 148 Å². The van der Waals surface area contributed by atoms with Gasteiger partial charge >= 0.3 is 0 Å². The molecule has 25 heavy (non-hydrogen) atoms. The summed E-state index contributed by atoms with van der Waals surface area (Å²) in [6.45, 7) is 4.80. The van der Waals surface area contributed by atoms with Crippen molar-refractivity contribution in [1.29, 1.82) is 0 Å². The molecule has 1 amide bonds. The second-order valence-corrected chi connectivity index (χ2v) is 6.99. The standard InChI is InChI=1S/C20H26FN3O/c1-3-11-24-13-18(14(2)23-24)20(25)22-19-6-4-5-16(19)12-15-7-9-17(21)10-8-15/h7-10,13,16,19H,3-6,11-12H2,1-2H3,(H,22,25)/t16-,19-/m1/s1. The number of carbonyl (C=O) groups excluding carboxylic acids is 1. The van der Waals surface area contributed by atoms with Gasteiger partial charge in [0.25, 0.3) is 5.91 Å². The Balaban J connectivity index is 1.64. The number of hydrogen-bond acceptors (Lipinski definition) is 2. The van der Waals surface area contributed by atoms with E-state index in [2.05, 4.69) is 17.3 Å². The van der Waals surface area contributed by atoms with Crippen molar-refractivity contribution in [3.63, 3.8) is 0 Å². The van der Waals surface area contributed by atoms with E-state index in [9.17, 15) is 9.18 Å². The number of aryl methyl sites for hydroxylation is 2. The zero-order valence-electron chi connectivity index (χ0n) is 15.0. The lowest BCUT2D eigenvalue weighted by molar-refractivity contribution is 0.0927. The molecule has 4 nitrogen and oxygen atoms in total. The van der Waals surface area contributed by atoms with E-state index in [4.69, 9.17) is 0 Å². The van der Waals surface area contributed by atoms with Crippen molar-refractivity contribution in [3.05, 3.63) is 53.1 Å². The zero-order valence-corrected chi connectivity index (χ0v) is 15.0. The summed E-state index contributed by atoms with van der Waals surface area (Å²) in [5.74, 6) is 0.163. The van der Waals surface area contributed by atoms with E-state index in [1.165, 1.54) is 12.1 Å². The second-order valence-electron chi connectivity index (χ2n) is 6.99. The highest BCUT2D eigenvalue weighted by Crippen LogP contribution is 2.29. The summed E-state index contributed by atoms with van der Waals surface area (Å²) in [7, 11) is 0. The largest absolute Gasteiger partial charge is 0.349 e. The number of hydrogen-bond donors (Lipinski definition) is 1. The van der Waals surface area contributed by atoms with Crippen molar-refractivity contribution in [2.45, 2.75) is 58.5 Å². The Morgan fingerprint density at radius 1 is 1.32 bits per heavy atom. The van der Waals surface area contributed by atoms with E-state index >= 15 is 0 Å². The zero-order chi connectivity index (χ0) is 17.8. The average molecular weight is 343 g/mol. The van der Waals surface area contributed by atoms with E-state index in [-0.39, 0.29) is 17.8 Å². The average Bonchev–Trinajstić information content (AvgIpc) is 3.16. The van der Waals surface area contributed by atoms with Gasteiger partial charge in [0.1, 0.15) is 5.82 Å². The minimum absolute atomic E-state index is 0.0316. The molecule has 1 N–H and O–H groups in total. The third-order valence-electron chi connectivity index (χ3n) is 5.03. The number of amides is 1. The van der Waals surface area contributed by atoms with Crippen LogP contribution < -0.4 is 5.32 Å². The Morgan fingerprint density at radius 3 is 2.80 bits per heavy atom. The molecule has 134 valence electrons. The molecule has 1 aliphatic carbocycles. The van der Waals surface area contributed by atoms with Gasteiger partial charge in [-0.15, -0.1) is 0 Å². The molecule has 0 aliphatic heterocycles. The van der Waals surface area contributed by atoms with Crippen LogP contribution in [0.3, 0.4) is 0 Å². The maximum atomic E-state index is 13.1. The van der Waals surface area contributed by atoms with Crippen LogP contribution in [0.5, 0.6) is 0 Å². The molecule has 1 aromatic carbocycles. The van der Waals surface area contributed by atoms with Gasteiger partial charge in [-0.3, -0.25) is 9.48 Å². The number of benzene rings is 1. The number of nitrogens with zero attached hydrogens (tertiary/aromatic N) is 2. The molecule has 1 saturated carbocycles. The number of nitrogens with one attached hydrogen (secondary N) is 1. The summed E-state index contributed by atoms with van der Waals surface area (Å²) >= 11 is 0. The minimum Gasteiger partial charge on any atom is -0.349 e. The van der Waals surface area contributed by atoms with Crippen molar-refractivity contribution < 1.29 is 9.18 Å². The predicted molar refractivity (Wildman–Crippen MR) is 96.0 cm³/mol. The summed E-state index contributed by atoms with van der Waals surface area (Å²) in [5, 5.41) is 7.62. The lowest BCUT2D eigenvalue weighted by Gasteiger charge is -2.21. The molecule has 1 aromatic heterocycles. The summed E-state index contributed by atoms with van der Waals surface area (Å²) in [5.41, 5.74) is 2.57. The molecule has 0 spiro atoms. The van der Waals surface area contributed by atoms with Crippen LogP contribution in [0.15, 0.2) is 30.5 Å². The van der Waals surface area contributed by atoms with Gasteiger partial charge < -0.3 is 5.32 Å². The molecule has 0 unspecified atom stereocenters. The number of aromatic nitrogens is 2.